The highest BCUT2D eigenvalue weighted by atomic mass is 35.5. The monoisotopic (exact) mass is 533 g/mol. The van der Waals surface area contributed by atoms with Gasteiger partial charge in [0.1, 0.15) is 12.4 Å². The molecule has 3 heterocycles. The van der Waals surface area contributed by atoms with Crippen LogP contribution in [-0.2, 0) is 6.61 Å². The molecule has 0 bridgehead atoms. The molecule has 0 unspecified atom stereocenters. The molecule has 0 fully saturated rings. The number of carbonyl (C=O) groups excluding carboxylic acids is 2. The number of hydrogen-bond acceptors (Lipinski definition) is 8. The lowest BCUT2D eigenvalue weighted by molar-refractivity contribution is -0.384. The van der Waals surface area contributed by atoms with Gasteiger partial charge < -0.3 is 25.3 Å². The SMILES string of the molecule is NC(=O)c1nn(-c2ccc3c(c2)OCO3)c2c1COc1ccc(NC(=O)c3ccc([N+](=O)[O-])cc3Cl)cc1-2. The Morgan fingerprint density at radius 1 is 1.03 bits per heavy atom. The van der Waals surface area contributed by atoms with Crippen molar-refractivity contribution in [1.82, 2.24) is 9.78 Å². The van der Waals surface area contributed by atoms with Gasteiger partial charge in [0.05, 0.1) is 26.9 Å². The molecule has 12 nitrogen and oxygen atoms in total. The highest BCUT2D eigenvalue weighted by Crippen LogP contribution is 2.43. The topological polar surface area (TPSA) is 161 Å². The summed E-state index contributed by atoms with van der Waals surface area (Å²) in [5.41, 5.74) is 8.09. The van der Waals surface area contributed by atoms with Crippen LogP contribution in [0.2, 0.25) is 5.02 Å². The molecule has 0 atom stereocenters. The molecule has 190 valence electrons. The number of aromatic nitrogens is 2. The van der Waals surface area contributed by atoms with Gasteiger partial charge in [0.15, 0.2) is 17.2 Å². The third kappa shape index (κ3) is 3.83. The lowest BCUT2D eigenvalue weighted by Crippen LogP contribution is -2.16. The van der Waals surface area contributed by atoms with Crippen molar-refractivity contribution in [3.63, 3.8) is 0 Å². The maximum atomic E-state index is 12.9. The Labute approximate surface area is 218 Å². The van der Waals surface area contributed by atoms with E-state index in [0.717, 1.165) is 6.07 Å². The number of hydrogen-bond donors (Lipinski definition) is 2. The van der Waals surface area contributed by atoms with Crippen molar-refractivity contribution in [3.8, 4) is 34.2 Å². The first-order valence-electron chi connectivity index (χ1n) is 11.1. The molecule has 2 aliphatic heterocycles. The van der Waals surface area contributed by atoms with E-state index in [1.165, 1.54) is 12.1 Å². The van der Waals surface area contributed by atoms with Crippen LogP contribution in [0.15, 0.2) is 54.6 Å². The number of nitro benzene ring substituents is 1. The quantitative estimate of drug-likeness (QED) is 0.286. The first kappa shape index (κ1) is 23.3. The first-order valence-corrected chi connectivity index (χ1v) is 11.5. The van der Waals surface area contributed by atoms with Gasteiger partial charge in [-0.3, -0.25) is 19.7 Å². The minimum absolute atomic E-state index is 0.0513. The minimum atomic E-state index is -0.718. The van der Waals surface area contributed by atoms with Crippen molar-refractivity contribution in [1.29, 1.82) is 0 Å². The van der Waals surface area contributed by atoms with E-state index in [4.69, 9.17) is 31.5 Å². The van der Waals surface area contributed by atoms with Gasteiger partial charge in [0.25, 0.3) is 17.5 Å². The summed E-state index contributed by atoms with van der Waals surface area (Å²) in [5, 5.41) is 18.1. The number of fused-ring (bicyclic) bond motifs is 4. The molecule has 6 rings (SSSR count). The fraction of sp³-hybridized carbons (Fsp3) is 0.0800. The van der Waals surface area contributed by atoms with E-state index in [0.29, 0.717) is 45.4 Å². The molecule has 13 heteroatoms. The fourth-order valence-electron chi connectivity index (χ4n) is 4.33. The van der Waals surface area contributed by atoms with Crippen LogP contribution in [0, 0.1) is 10.1 Å². The number of nitrogens with zero attached hydrogens (tertiary/aromatic N) is 3. The van der Waals surface area contributed by atoms with Crippen LogP contribution < -0.4 is 25.3 Å². The average molecular weight is 534 g/mol. The van der Waals surface area contributed by atoms with Crippen molar-refractivity contribution in [3.05, 3.63) is 86.6 Å². The van der Waals surface area contributed by atoms with Crippen LogP contribution in [0.3, 0.4) is 0 Å². The molecule has 2 aliphatic rings. The van der Waals surface area contributed by atoms with Gasteiger partial charge in [-0.25, -0.2) is 4.68 Å². The van der Waals surface area contributed by atoms with Crippen LogP contribution >= 0.6 is 11.6 Å². The van der Waals surface area contributed by atoms with E-state index in [2.05, 4.69) is 10.4 Å². The summed E-state index contributed by atoms with van der Waals surface area (Å²) in [6.07, 6.45) is 0. The standard InChI is InChI=1S/C25H16ClN5O7/c26-18-8-14(31(34)35)2-4-15(18)25(33)28-12-1-5-19-16(7-12)23-17(10-36-19)22(24(27)32)29-30(23)13-3-6-20-21(9-13)38-11-37-20/h1-9H,10-11H2,(H2,27,32)(H,28,33). The maximum absolute atomic E-state index is 12.9. The summed E-state index contributed by atoms with van der Waals surface area (Å²) in [7, 11) is 0. The zero-order chi connectivity index (χ0) is 26.6. The Balaban J connectivity index is 1.41. The predicted molar refractivity (Wildman–Crippen MR) is 134 cm³/mol. The molecule has 1 aromatic heterocycles. The van der Waals surface area contributed by atoms with Crippen molar-refractivity contribution < 1.29 is 28.7 Å². The molecule has 0 saturated heterocycles. The summed E-state index contributed by atoms with van der Waals surface area (Å²) >= 11 is 6.12. The lowest BCUT2D eigenvalue weighted by atomic mass is 10.0. The van der Waals surface area contributed by atoms with Gasteiger partial charge in [-0.1, -0.05) is 11.6 Å². The first-order chi connectivity index (χ1) is 18.3. The molecule has 3 N–H and O–H groups in total. The van der Waals surface area contributed by atoms with Crippen LogP contribution in [0.5, 0.6) is 17.2 Å². The number of primary amides is 1. The Morgan fingerprint density at radius 3 is 2.58 bits per heavy atom. The van der Waals surface area contributed by atoms with E-state index < -0.39 is 16.7 Å². The Bertz CT molecular complexity index is 1680. The summed E-state index contributed by atoms with van der Waals surface area (Å²) in [6, 6.07) is 13.8. The molecular weight excluding hydrogens is 518 g/mol. The second-order valence-electron chi connectivity index (χ2n) is 8.36. The zero-order valence-corrected chi connectivity index (χ0v) is 20.0. The number of anilines is 1. The third-order valence-electron chi connectivity index (χ3n) is 6.09. The Kier molecular flexibility index (Phi) is 5.39. The fourth-order valence-corrected chi connectivity index (χ4v) is 4.59. The molecule has 4 aromatic rings. The van der Waals surface area contributed by atoms with Crippen LogP contribution in [-0.4, -0.2) is 33.3 Å². The van der Waals surface area contributed by atoms with Crippen LogP contribution in [0.4, 0.5) is 11.4 Å². The van der Waals surface area contributed by atoms with Crippen molar-refractivity contribution in [2.24, 2.45) is 5.73 Å². The van der Waals surface area contributed by atoms with Gasteiger partial charge in [0, 0.05) is 35.0 Å². The number of non-ortho nitro benzene ring substituents is 1. The van der Waals surface area contributed by atoms with Crippen molar-refractivity contribution >= 4 is 34.8 Å². The number of carbonyl (C=O) groups is 2. The summed E-state index contributed by atoms with van der Waals surface area (Å²) < 4.78 is 18.3. The van der Waals surface area contributed by atoms with E-state index in [9.17, 15) is 19.7 Å². The number of nitrogens with one attached hydrogen (secondary N) is 1. The average Bonchev–Trinajstić information content (AvgIpc) is 3.53. The van der Waals surface area contributed by atoms with Gasteiger partial charge in [-0.15, -0.1) is 0 Å². The number of rotatable bonds is 5. The minimum Gasteiger partial charge on any atom is -0.488 e. The second kappa shape index (κ2) is 8.78. The highest BCUT2D eigenvalue weighted by Gasteiger charge is 2.30. The predicted octanol–water partition coefficient (Wildman–Crippen LogP) is 4.07. The largest absolute Gasteiger partial charge is 0.488 e. The highest BCUT2D eigenvalue weighted by molar-refractivity contribution is 6.34. The third-order valence-corrected chi connectivity index (χ3v) is 6.40. The molecule has 3 aromatic carbocycles. The molecule has 0 spiro atoms. The van der Waals surface area contributed by atoms with Crippen molar-refractivity contribution in [2.75, 3.05) is 12.1 Å². The van der Waals surface area contributed by atoms with E-state index in [1.807, 2.05) is 0 Å². The number of halogens is 1. The molecular formula is C25H16ClN5O7. The normalized spacial score (nSPS) is 12.8. The number of nitro groups is 1. The molecule has 0 aliphatic carbocycles. The van der Waals surface area contributed by atoms with Gasteiger partial charge in [-0.05, 0) is 36.4 Å². The number of amides is 2. The van der Waals surface area contributed by atoms with Gasteiger partial charge in [0.2, 0.25) is 6.79 Å². The second-order valence-corrected chi connectivity index (χ2v) is 8.77. The molecule has 0 radical (unpaired) electrons. The van der Waals surface area contributed by atoms with E-state index in [1.54, 1.807) is 41.1 Å². The Hall–Kier alpha value is -5.10. The summed E-state index contributed by atoms with van der Waals surface area (Å²) in [5.74, 6) is 0.333. The maximum Gasteiger partial charge on any atom is 0.270 e. The molecule has 2 amide bonds. The van der Waals surface area contributed by atoms with Crippen molar-refractivity contribution in [2.45, 2.75) is 6.61 Å². The summed E-state index contributed by atoms with van der Waals surface area (Å²) in [4.78, 5) is 35.5. The zero-order valence-electron chi connectivity index (χ0n) is 19.3. The van der Waals surface area contributed by atoms with Crippen LogP contribution in [0.1, 0.15) is 26.4 Å². The number of ether oxygens (including phenoxy) is 3. The number of nitrogens with two attached hydrogens (primary N) is 1. The smallest absolute Gasteiger partial charge is 0.270 e. The number of benzene rings is 3. The van der Waals surface area contributed by atoms with Gasteiger partial charge in [-0.2, -0.15) is 5.10 Å². The Morgan fingerprint density at radius 2 is 1.82 bits per heavy atom. The lowest BCUT2D eigenvalue weighted by Gasteiger charge is -2.21. The molecule has 0 saturated carbocycles. The molecule has 38 heavy (non-hydrogen) atoms. The van der Waals surface area contributed by atoms with Gasteiger partial charge >= 0.3 is 0 Å². The van der Waals surface area contributed by atoms with E-state index >= 15 is 0 Å². The summed E-state index contributed by atoms with van der Waals surface area (Å²) in [6.45, 7) is 0.163. The van der Waals surface area contributed by atoms with Crippen LogP contribution in [0.25, 0.3) is 16.9 Å². The van der Waals surface area contributed by atoms with E-state index in [-0.39, 0.29) is 35.4 Å².